The number of rotatable bonds is 7. The van der Waals surface area contributed by atoms with E-state index in [0.29, 0.717) is 5.92 Å². The van der Waals surface area contributed by atoms with Crippen LogP contribution in [0.4, 0.5) is 0 Å². The van der Waals surface area contributed by atoms with Crippen molar-refractivity contribution >= 4 is 34.4 Å². The number of thiazole rings is 1. The van der Waals surface area contributed by atoms with Crippen LogP contribution in [-0.2, 0) is 5.75 Å². The third-order valence-corrected chi connectivity index (χ3v) is 8.04. The van der Waals surface area contributed by atoms with Crippen LogP contribution < -0.4 is 0 Å². The van der Waals surface area contributed by atoms with Crippen molar-refractivity contribution in [3.63, 3.8) is 0 Å². The third-order valence-electron chi connectivity index (χ3n) is 4.90. The largest absolute Gasteiger partial charge is 0.299 e. The minimum absolute atomic E-state index is 0.290. The zero-order valence-corrected chi connectivity index (χ0v) is 20.4. The summed E-state index contributed by atoms with van der Waals surface area (Å²) in [6.07, 6.45) is 0. The van der Waals surface area contributed by atoms with Gasteiger partial charge in [-0.05, 0) is 38.3 Å². The fourth-order valence-corrected chi connectivity index (χ4v) is 6.14. The topological polar surface area (TPSA) is 43.6 Å². The molecule has 156 valence electrons. The highest BCUT2D eigenvalue weighted by atomic mass is 32.2. The lowest BCUT2D eigenvalue weighted by molar-refractivity contribution is 0.555. The summed E-state index contributed by atoms with van der Waals surface area (Å²) in [7, 11) is 0. The predicted molar refractivity (Wildman–Crippen MR) is 130 cm³/mol. The van der Waals surface area contributed by atoms with Gasteiger partial charge in [-0.2, -0.15) is 0 Å². The second-order valence-corrected chi connectivity index (χ2v) is 10.7. The molecule has 3 aromatic heterocycles. The maximum Gasteiger partial charge on any atom is 0.192 e. The summed E-state index contributed by atoms with van der Waals surface area (Å²) in [5.74, 6) is 2.27. The Kier molecular flexibility index (Phi) is 6.41. The Morgan fingerprint density at radius 3 is 2.53 bits per heavy atom. The van der Waals surface area contributed by atoms with Crippen LogP contribution in [0.2, 0.25) is 0 Å². The van der Waals surface area contributed by atoms with E-state index in [1.165, 1.54) is 16.0 Å². The molecule has 4 nitrogen and oxygen atoms in total. The molecular formula is C23H26N4S3. The average molecular weight is 455 g/mol. The molecule has 0 radical (unpaired) electrons. The number of hydrogen-bond acceptors (Lipinski definition) is 6. The summed E-state index contributed by atoms with van der Waals surface area (Å²) < 4.78 is 2.24. The van der Waals surface area contributed by atoms with Gasteiger partial charge in [-0.15, -0.1) is 32.9 Å². The smallest absolute Gasteiger partial charge is 0.192 e. The normalized spacial score (nSPS) is 11.7. The van der Waals surface area contributed by atoms with Crippen molar-refractivity contribution < 1.29 is 0 Å². The van der Waals surface area contributed by atoms with E-state index >= 15 is 0 Å². The van der Waals surface area contributed by atoms with E-state index < -0.39 is 0 Å². The molecule has 0 N–H and O–H groups in total. The number of thiophene rings is 1. The lowest BCUT2D eigenvalue weighted by Crippen LogP contribution is -2.04. The maximum atomic E-state index is 4.86. The molecule has 0 spiro atoms. The van der Waals surface area contributed by atoms with Crippen LogP contribution in [0.1, 0.15) is 55.8 Å². The van der Waals surface area contributed by atoms with Crippen molar-refractivity contribution in [2.24, 2.45) is 0 Å². The number of aromatic nitrogens is 4. The van der Waals surface area contributed by atoms with Crippen LogP contribution in [-0.4, -0.2) is 19.7 Å². The molecule has 7 heteroatoms. The van der Waals surface area contributed by atoms with E-state index in [0.717, 1.165) is 33.0 Å². The monoisotopic (exact) mass is 454 g/mol. The van der Waals surface area contributed by atoms with E-state index in [2.05, 4.69) is 90.5 Å². The number of nitrogens with zero attached hydrogens (tertiary/aromatic N) is 4. The van der Waals surface area contributed by atoms with Gasteiger partial charge in [-0.3, -0.25) is 4.57 Å². The highest BCUT2D eigenvalue weighted by molar-refractivity contribution is 7.98. The van der Waals surface area contributed by atoms with E-state index in [1.807, 2.05) is 0 Å². The first kappa shape index (κ1) is 21.3. The number of thioether (sulfide) groups is 1. The van der Waals surface area contributed by atoms with Gasteiger partial charge < -0.3 is 0 Å². The van der Waals surface area contributed by atoms with Crippen LogP contribution in [0.15, 0.2) is 46.2 Å². The third kappa shape index (κ3) is 4.38. The summed E-state index contributed by atoms with van der Waals surface area (Å²) in [5.41, 5.74) is 4.71. The predicted octanol–water partition coefficient (Wildman–Crippen LogP) is 7.44. The van der Waals surface area contributed by atoms with Crippen molar-refractivity contribution in [3.05, 3.63) is 57.2 Å². The first-order valence-corrected chi connectivity index (χ1v) is 12.9. The van der Waals surface area contributed by atoms with E-state index in [4.69, 9.17) is 4.98 Å². The fraction of sp³-hybridized carbons (Fsp3) is 0.348. The molecule has 4 aromatic rings. The second kappa shape index (κ2) is 9.04. The molecule has 0 bridgehead atoms. The lowest BCUT2D eigenvalue weighted by atomic mass is 10.1. The van der Waals surface area contributed by atoms with Gasteiger partial charge in [-0.1, -0.05) is 49.9 Å². The zero-order chi connectivity index (χ0) is 21.3. The van der Waals surface area contributed by atoms with Gasteiger partial charge >= 0.3 is 0 Å². The van der Waals surface area contributed by atoms with Crippen LogP contribution >= 0.6 is 34.4 Å². The van der Waals surface area contributed by atoms with E-state index in [-0.39, 0.29) is 6.04 Å². The first-order valence-electron chi connectivity index (χ1n) is 10.1. The number of benzene rings is 1. The van der Waals surface area contributed by atoms with Gasteiger partial charge in [0.15, 0.2) is 11.0 Å². The molecule has 4 rings (SSSR count). The van der Waals surface area contributed by atoms with Crippen LogP contribution in [0, 0.1) is 6.92 Å². The summed E-state index contributed by atoms with van der Waals surface area (Å²) >= 11 is 5.21. The summed E-state index contributed by atoms with van der Waals surface area (Å²) in [6, 6.07) is 10.9. The highest BCUT2D eigenvalue weighted by Crippen LogP contribution is 2.34. The molecule has 1 aromatic carbocycles. The quantitative estimate of drug-likeness (QED) is 0.272. The maximum absolute atomic E-state index is 4.86. The molecule has 0 aliphatic heterocycles. The Hall–Kier alpha value is -1.96. The van der Waals surface area contributed by atoms with Crippen LogP contribution in [0.25, 0.3) is 22.0 Å². The minimum atomic E-state index is 0.290. The minimum Gasteiger partial charge on any atom is -0.299 e. The zero-order valence-electron chi connectivity index (χ0n) is 17.9. The molecule has 0 aliphatic rings. The number of hydrogen-bond donors (Lipinski definition) is 0. The Labute approximate surface area is 190 Å². The van der Waals surface area contributed by atoms with Crippen molar-refractivity contribution in [2.75, 3.05) is 0 Å². The Balaban J connectivity index is 1.54. The molecule has 0 saturated heterocycles. The molecule has 0 aliphatic carbocycles. The Bertz CT molecular complexity index is 1140. The Morgan fingerprint density at radius 2 is 1.83 bits per heavy atom. The van der Waals surface area contributed by atoms with Crippen molar-refractivity contribution in [3.8, 4) is 22.0 Å². The molecule has 3 heterocycles. The number of aryl methyl sites for hydroxylation is 1. The Morgan fingerprint density at radius 1 is 1.03 bits per heavy atom. The molecule has 0 atom stereocenters. The molecule has 0 saturated carbocycles. The van der Waals surface area contributed by atoms with Gasteiger partial charge in [0.25, 0.3) is 0 Å². The fourth-order valence-electron chi connectivity index (χ4n) is 3.26. The van der Waals surface area contributed by atoms with Crippen molar-refractivity contribution in [1.82, 2.24) is 19.7 Å². The highest BCUT2D eigenvalue weighted by Gasteiger charge is 2.19. The average Bonchev–Trinajstić information content (AvgIpc) is 3.45. The second-order valence-electron chi connectivity index (χ2n) is 7.91. The van der Waals surface area contributed by atoms with Gasteiger partial charge in [-0.25, -0.2) is 4.98 Å². The lowest BCUT2D eigenvalue weighted by Gasteiger charge is -2.12. The van der Waals surface area contributed by atoms with E-state index in [9.17, 15) is 0 Å². The van der Waals surface area contributed by atoms with Crippen molar-refractivity contribution in [1.29, 1.82) is 0 Å². The van der Waals surface area contributed by atoms with Crippen molar-refractivity contribution in [2.45, 2.75) is 57.5 Å². The molecule has 30 heavy (non-hydrogen) atoms. The SMILES string of the molecule is Cc1ccccc1-c1nc(CSc2nnc(-c3csc(C(C)C)c3)n2C(C)C)cs1. The van der Waals surface area contributed by atoms with Gasteiger partial charge in [0.1, 0.15) is 5.01 Å². The van der Waals surface area contributed by atoms with E-state index in [1.54, 1.807) is 34.4 Å². The van der Waals surface area contributed by atoms with Crippen LogP contribution in [0.5, 0.6) is 0 Å². The van der Waals surface area contributed by atoms with Gasteiger partial charge in [0, 0.05) is 38.6 Å². The molecule has 0 amide bonds. The molecule has 0 unspecified atom stereocenters. The van der Waals surface area contributed by atoms with Gasteiger partial charge in [0.2, 0.25) is 0 Å². The van der Waals surface area contributed by atoms with Gasteiger partial charge in [0.05, 0.1) is 5.69 Å². The molecular weight excluding hydrogens is 428 g/mol. The van der Waals surface area contributed by atoms with Crippen LogP contribution in [0.3, 0.4) is 0 Å². The first-order chi connectivity index (χ1) is 14.4. The molecule has 0 fully saturated rings. The standard InChI is InChI=1S/C23H26N4S3/c1-14(2)20-10-17(11-28-20)21-25-26-23(27(21)15(3)4)30-13-18-12-29-22(24-18)19-9-7-6-8-16(19)5/h6-12,14-15H,13H2,1-5H3. The summed E-state index contributed by atoms with van der Waals surface area (Å²) in [4.78, 5) is 6.24. The summed E-state index contributed by atoms with van der Waals surface area (Å²) in [6.45, 7) is 11.0. The summed E-state index contributed by atoms with van der Waals surface area (Å²) in [5, 5.41) is 15.4.